The van der Waals surface area contributed by atoms with Gasteiger partial charge >= 0.3 is 0 Å². The quantitative estimate of drug-likeness (QED) is 0.873. The second-order valence-corrected chi connectivity index (χ2v) is 4.77. The summed E-state index contributed by atoms with van der Waals surface area (Å²) in [6, 6.07) is 0. The topological polar surface area (TPSA) is 63.8 Å². The number of aliphatic hydroxyl groups excluding tert-OH is 1. The summed E-state index contributed by atoms with van der Waals surface area (Å²) in [4.78, 5) is 8.55. The number of hydrogen-bond acceptors (Lipinski definition) is 4. The molecule has 5 nitrogen and oxygen atoms in total. The highest BCUT2D eigenvalue weighted by molar-refractivity contribution is 5.77. The van der Waals surface area contributed by atoms with Crippen LogP contribution in [-0.4, -0.2) is 31.0 Å². The molecule has 0 radical (unpaired) electrons. The van der Waals surface area contributed by atoms with Crippen molar-refractivity contribution in [2.24, 2.45) is 13.0 Å². The second-order valence-electron chi connectivity index (χ2n) is 4.77. The fraction of sp³-hybridized carbons (Fsp3) is 0.583. The van der Waals surface area contributed by atoms with E-state index in [0.717, 1.165) is 16.7 Å². The zero-order valence-corrected chi connectivity index (χ0v) is 10.6. The number of aliphatic hydroxyl groups is 1. The molecule has 2 unspecified atom stereocenters. The molecule has 17 heavy (non-hydrogen) atoms. The second kappa shape index (κ2) is 4.41. The van der Waals surface area contributed by atoms with Gasteiger partial charge in [-0.3, -0.25) is 4.68 Å². The molecular formula is C12H18N4O. The highest BCUT2D eigenvalue weighted by atomic mass is 16.3. The number of aromatic nitrogens is 4. The number of fused-ring (bicyclic) bond motifs is 1. The van der Waals surface area contributed by atoms with Crippen LogP contribution in [0.3, 0.4) is 0 Å². The van der Waals surface area contributed by atoms with Crippen molar-refractivity contribution in [2.75, 3.05) is 0 Å². The molecule has 5 heteroatoms. The largest absolute Gasteiger partial charge is 0.393 e. The first-order valence-electron chi connectivity index (χ1n) is 5.83. The maximum atomic E-state index is 9.91. The van der Waals surface area contributed by atoms with E-state index in [1.54, 1.807) is 17.8 Å². The molecule has 2 heterocycles. The zero-order valence-electron chi connectivity index (χ0n) is 10.6. The summed E-state index contributed by atoms with van der Waals surface area (Å²) in [7, 11) is 1.85. The van der Waals surface area contributed by atoms with Gasteiger partial charge in [-0.25, -0.2) is 9.97 Å². The lowest BCUT2D eigenvalue weighted by atomic mass is 9.87. The van der Waals surface area contributed by atoms with Gasteiger partial charge in [0.15, 0.2) is 5.65 Å². The molecule has 0 aliphatic rings. The molecule has 92 valence electrons. The number of nitrogens with zero attached hydrogens (tertiary/aromatic N) is 4. The number of hydrogen-bond donors (Lipinski definition) is 1. The van der Waals surface area contributed by atoms with Crippen molar-refractivity contribution in [3.63, 3.8) is 0 Å². The van der Waals surface area contributed by atoms with Gasteiger partial charge in [0.25, 0.3) is 0 Å². The summed E-state index contributed by atoms with van der Waals surface area (Å²) in [5, 5.41) is 15.0. The summed E-state index contributed by atoms with van der Waals surface area (Å²) in [5.41, 5.74) is 1.69. The molecule has 1 N–H and O–H groups in total. The predicted octanol–water partition coefficient (Wildman–Crippen LogP) is 1.48. The van der Waals surface area contributed by atoms with Crippen molar-refractivity contribution in [1.82, 2.24) is 19.7 Å². The summed E-state index contributed by atoms with van der Waals surface area (Å²) in [6.07, 6.45) is 2.87. The molecule has 0 saturated carbocycles. The van der Waals surface area contributed by atoms with E-state index in [0.29, 0.717) is 5.92 Å². The van der Waals surface area contributed by atoms with E-state index in [4.69, 9.17) is 0 Å². The van der Waals surface area contributed by atoms with Crippen LogP contribution in [0.25, 0.3) is 11.0 Å². The lowest BCUT2D eigenvalue weighted by Gasteiger charge is -2.23. The average molecular weight is 234 g/mol. The van der Waals surface area contributed by atoms with Crippen molar-refractivity contribution in [3.8, 4) is 0 Å². The molecule has 2 aromatic rings. The molecule has 0 spiro atoms. The van der Waals surface area contributed by atoms with E-state index < -0.39 is 6.10 Å². The summed E-state index contributed by atoms with van der Waals surface area (Å²) < 4.78 is 1.72. The van der Waals surface area contributed by atoms with E-state index >= 15 is 0 Å². The number of rotatable bonds is 3. The fourth-order valence-corrected chi connectivity index (χ4v) is 2.35. The van der Waals surface area contributed by atoms with Crippen LogP contribution < -0.4 is 0 Å². The van der Waals surface area contributed by atoms with E-state index in [1.807, 2.05) is 7.05 Å². The minimum absolute atomic E-state index is 0.00435. The minimum atomic E-state index is -0.437. The fourth-order valence-electron chi connectivity index (χ4n) is 2.35. The van der Waals surface area contributed by atoms with Gasteiger partial charge in [0.05, 0.1) is 23.4 Å². The molecular weight excluding hydrogens is 216 g/mol. The summed E-state index contributed by atoms with van der Waals surface area (Å²) >= 11 is 0. The van der Waals surface area contributed by atoms with E-state index in [2.05, 4.69) is 28.9 Å². The molecule has 0 saturated heterocycles. The Bertz CT molecular complexity index is 510. The molecule has 0 bridgehead atoms. The first-order chi connectivity index (χ1) is 8.02. The van der Waals surface area contributed by atoms with E-state index in [9.17, 15) is 5.11 Å². The lowest BCUT2D eigenvalue weighted by Crippen LogP contribution is -2.21. The van der Waals surface area contributed by atoms with Crippen molar-refractivity contribution in [3.05, 3.63) is 18.2 Å². The smallest absolute Gasteiger partial charge is 0.161 e. The van der Waals surface area contributed by atoms with Crippen LogP contribution in [0.2, 0.25) is 0 Å². The Morgan fingerprint density at radius 2 is 1.94 bits per heavy atom. The van der Waals surface area contributed by atoms with Gasteiger partial charge < -0.3 is 5.11 Å². The van der Waals surface area contributed by atoms with Crippen LogP contribution >= 0.6 is 0 Å². The molecule has 2 atom stereocenters. The van der Waals surface area contributed by atoms with Crippen LogP contribution in [0.5, 0.6) is 0 Å². The first-order valence-corrected chi connectivity index (χ1v) is 5.83. The molecule has 0 aliphatic carbocycles. The lowest BCUT2D eigenvalue weighted by molar-refractivity contribution is 0.139. The third-order valence-corrected chi connectivity index (χ3v) is 3.11. The Balaban J connectivity index is 2.61. The third-order valence-electron chi connectivity index (χ3n) is 3.11. The Kier molecular flexibility index (Phi) is 3.11. The van der Waals surface area contributed by atoms with Crippen molar-refractivity contribution in [1.29, 1.82) is 0 Å². The van der Waals surface area contributed by atoms with Crippen LogP contribution in [0.4, 0.5) is 0 Å². The molecule has 2 aromatic heterocycles. The normalized spacial score (nSPS) is 15.4. The van der Waals surface area contributed by atoms with Crippen LogP contribution in [0.15, 0.2) is 12.5 Å². The van der Waals surface area contributed by atoms with Crippen molar-refractivity contribution < 1.29 is 5.11 Å². The summed E-state index contributed by atoms with van der Waals surface area (Å²) in [5.74, 6) is 0.318. The molecule has 0 aromatic carbocycles. The first kappa shape index (κ1) is 12.0. The number of aryl methyl sites for hydroxylation is 1. The Morgan fingerprint density at radius 3 is 2.53 bits per heavy atom. The van der Waals surface area contributed by atoms with Crippen LogP contribution in [-0.2, 0) is 7.05 Å². The predicted molar refractivity (Wildman–Crippen MR) is 65.6 cm³/mol. The van der Waals surface area contributed by atoms with Crippen LogP contribution in [0, 0.1) is 5.92 Å². The standard InChI is InChI=1S/C12H18N4O/c1-7(2)10(8(3)17)11-9-5-15-16(4)12(9)14-6-13-11/h5-8,10,17H,1-4H3. The van der Waals surface area contributed by atoms with E-state index in [-0.39, 0.29) is 5.92 Å². The highest BCUT2D eigenvalue weighted by Gasteiger charge is 2.25. The van der Waals surface area contributed by atoms with Crippen LogP contribution in [0.1, 0.15) is 32.4 Å². The Morgan fingerprint density at radius 1 is 1.24 bits per heavy atom. The average Bonchev–Trinajstić information content (AvgIpc) is 2.61. The monoisotopic (exact) mass is 234 g/mol. The van der Waals surface area contributed by atoms with Gasteiger partial charge in [0.2, 0.25) is 0 Å². The zero-order chi connectivity index (χ0) is 12.6. The molecule has 0 fully saturated rings. The van der Waals surface area contributed by atoms with Gasteiger partial charge in [-0.1, -0.05) is 13.8 Å². The van der Waals surface area contributed by atoms with Gasteiger partial charge in [-0.15, -0.1) is 0 Å². The van der Waals surface area contributed by atoms with E-state index in [1.165, 1.54) is 6.33 Å². The highest BCUT2D eigenvalue weighted by Crippen LogP contribution is 2.30. The van der Waals surface area contributed by atoms with Crippen molar-refractivity contribution >= 4 is 11.0 Å². The minimum Gasteiger partial charge on any atom is -0.393 e. The SMILES string of the molecule is CC(C)C(c1ncnc2c1cnn2C)C(C)O. The Labute approximate surface area is 101 Å². The van der Waals surface area contributed by atoms with Crippen molar-refractivity contribution in [2.45, 2.75) is 32.8 Å². The van der Waals surface area contributed by atoms with Gasteiger partial charge in [-0.2, -0.15) is 5.10 Å². The van der Waals surface area contributed by atoms with Gasteiger partial charge in [0.1, 0.15) is 6.33 Å². The molecule has 0 aliphatic heterocycles. The Hall–Kier alpha value is -1.49. The maximum absolute atomic E-state index is 9.91. The maximum Gasteiger partial charge on any atom is 0.161 e. The molecule has 0 amide bonds. The molecule has 2 rings (SSSR count). The summed E-state index contributed by atoms with van der Waals surface area (Å²) in [6.45, 7) is 5.97. The third kappa shape index (κ3) is 2.02. The van der Waals surface area contributed by atoms with Gasteiger partial charge in [-0.05, 0) is 12.8 Å². The van der Waals surface area contributed by atoms with Gasteiger partial charge in [0, 0.05) is 13.0 Å².